The van der Waals surface area contributed by atoms with Gasteiger partial charge in [0.25, 0.3) is 0 Å². The highest BCUT2D eigenvalue weighted by Crippen LogP contribution is 2.24. The molecule has 3 heteroatoms. The molecule has 1 rings (SSSR count). The van der Waals surface area contributed by atoms with Crippen LogP contribution < -0.4 is 10.6 Å². The molecular weight excluding hydrogens is 264 g/mol. The molecule has 0 aliphatic heterocycles. The molecule has 0 unspecified atom stereocenters. The first-order chi connectivity index (χ1) is 7.29. The molecule has 2 nitrogen and oxygen atoms in total. The largest absolute Gasteiger partial charge is 0.374 e. The van der Waals surface area contributed by atoms with Gasteiger partial charge >= 0.3 is 0 Å². The summed E-state index contributed by atoms with van der Waals surface area (Å²) in [7, 11) is 2.11. The molecule has 90 valence electrons. The molecule has 0 atom stereocenters. The number of nitrogens with zero attached hydrogens (tertiary/aromatic N) is 1. The van der Waals surface area contributed by atoms with Gasteiger partial charge in [-0.3, -0.25) is 0 Å². The van der Waals surface area contributed by atoms with Crippen LogP contribution in [0.25, 0.3) is 0 Å². The first kappa shape index (κ1) is 13.5. The van der Waals surface area contributed by atoms with Gasteiger partial charge in [-0.1, -0.05) is 22.0 Å². The predicted octanol–water partition coefficient (Wildman–Crippen LogP) is 3.32. The zero-order valence-corrected chi connectivity index (χ0v) is 12.1. The summed E-state index contributed by atoms with van der Waals surface area (Å²) in [5.41, 5.74) is 8.45. The van der Waals surface area contributed by atoms with Gasteiger partial charge < -0.3 is 10.6 Å². The highest BCUT2D eigenvalue weighted by molar-refractivity contribution is 9.10. The van der Waals surface area contributed by atoms with E-state index < -0.39 is 0 Å². The summed E-state index contributed by atoms with van der Waals surface area (Å²) >= 11 is 3.50. The Balaban J connectivity index is 2.73. The third-order valence-corrected chi connectivity index (χ3v) is 3.17. The van der Waals surface area contributed by atoms with Crippen LogP contribution in [0.2, 0.25) is 0 Å². The van der Waals surface area contributed by atoms with Crippen molar-refractivity contribution in [2.45, 2.75) is 32.7 Å². The molecule has 0 saturated heterocycles. The van der Waals surface area contributed by atoms with E-state index in [0.717, 1.165) is 17.4 Å². The van der Waals surface area contributed by atoms with Gasteiger partial charge in [0.15, 0.2) is 0 Å². The molecule has 16 heavy (non-hydrogen) atoms. The maximum absolute atomic E-state index is 5.99. The summed E-state index contributed by atoms with van der Waals surface area (Å²) in [6, 6.07) is 6.35. The highest BCUT2D eigenvalue weighted by Gasteiger charge is 2.13. The molecule has 0 heterocycles. The van der Waals surface area contributed by atoms with E-state index in [-0.39, 0.29) is 5.54 Å². The number of rotatable bonds is 4. The van der Waals surface area contributed by atoms with Crippen LogP contribution in [0.15, 0.2) is 22.7 Å². The number of anilines is 1. The van der Waals surface area contributed by atoms with Crippen molar-refractivity contribution >= 4 is 21.6 Å². The molecule has 0 spiro atoms. The molecule has 1 aromatic carbocycles. The van der Waals surface area contributed by atoms with Crippen LogP contribution in [0.5, 0.6) is 0 Å². The second-order valence-corrected chi connectivity index (χ2v) is 6.01. The van der Waals surface area contributed by atoms with Crippen LogP contribution in [-0.2, 0) is 0 Å². The van der Waals surface area contributed by atoms with Gasteiger partial charge in [-0.2, -0.15) is 0 Å². The average Bonchev–Trinajstić information content (AvgIpc) is 2.17. The van der Waals surface area contributed by atoms with Crippen molar-refractivity contribution < 1.29 is 0 Å². The lowest BCUT2D eigenvalue weighted by molar-refractivity contribution is 0.479. The van der Waals surface area contributed by atoms with E-state index >= 15 is 0 Å². The Kier molecular flexibility index (Phi) is 4.39. The molecule has 0 aromatic heterocycles. The molecular formula is C13H21BrN2. The fourth-order valence-corrected chi connectivity index (χ4v) is 1.92. The monoisotopic (exact) mass is 284 g/mol. The molecule has 0 saturated carbocycles. The Morgan fingerprint density at radius 1 is 1.38 bits per heavy atom. The van der Waals surface area contributed by atoms with E-state index in [0.29, 0.717) is 0 Å². The van der Waals surface area contributed by atoms with Crippen molar-refractivity contribution in [1.82, 2.24) is 0 Å². The molecule has 1 aromatic rings. The summed E-state index contributed by atoms with van der Waals surface area (Å²) < 4.78 is 1.12. The lowest BCUT2D eigenvalue weighted by Gasteiger charge is -2.26. The number of aryl methyl sites for hydroxylation is 1. The smallest absolute Gasteiger partial charge is 0.0404 e. The summed E-state index contributed by atoms with van der Waals surface area (Å²) in [6.45, 7) is 7.23. The van der Waals surface area contributed by atoms with Crippen LogP contribution in [-0.4, -0.2) is 19.1 Å². The van der Waals surface area contributed by atoms with E-state index in [2.05, 4.69) is 66.8 Å². The Bertz CT molecular complexity index is 355. The molecule has 0 fully saturated rings. The van der Waals surface area contributed by atoms with E-state index in [1.54, 1.807) is 0 Å². The maximum Gasteiger partial charge on any atom is 0.0404 e. The number of hydrogen-bond acceptors (Lipinski definition) is 2. The SMILES string of the molecule is Cc1ccc(Br)cc1N(C)CCC(C)(C)N. The van der Waals surface area contributed by atoms with Crippen molar-refractivity contribution in [3.05, 3.63) is 28.2 Å². The molecule has 0 aliphatic rings. The number of hydrogen-bond donors (Lipinski definition) is 1. The Hall–Kier alpha value is -0.540. The molecule has 0 bridgehead atoms. The van der Waals surface area contributed by atoms with Crippen LogP contribution in [0.1, 0.15) is 25.8 Å². The summed E-state index contributed by atoms with van der Waals surface area (Å²) in [4.78, 5) is 2.26. The standard InChI is InChI=1S/C13H21BrN2/c1-10-5-6-11(14)9-12(10)16(4)8-7-13(2,3)15/h5-6,9H,7-8,15H2,1-4H3. The second-order valence-electron chi connectivity index (χ2n) is 5.09. The van der Waals surface area contributed by atoms with E-state index in [1.165, 1.54) is 11.3 Å². The lowest BCUT2D eigenvalue weighted by atomic mass is 10.0. The zero-order valence-electron chi connectivity index (χ0n) is 10.5. The maximum atomic E-state index is 5.99. The van der Waals surface area contributed by atoms with Crippen molar-refractivity contribution in [2.75, 3.05) is 18.5 Å². The minimum absolute atomic E-state index is 0.103. The normalized spacial score (nSPS) is 11.6. The number of nitrogens with two attached hydrogens (primary N) is 1. The van der Waals surface area contributed by atoms with Crippen LogP contribution in [0, 0.1) is 6.92 Å². The quantitative estimate of drug-likeness (QED) is 0.919. The van der Waals surface area contributed by atoms with Crippen molar-refractivity contribution in [2.24, 2.45) is 5.73 Å². The third kappa shape index (κ3) is 4.14. The molecule has 0 radical (unpaired) electrons. The highest BCUT2D eigenvalue weighted by atomic mass is 79.9. The third-order valence-electron chi connectivity index (χ3n) is 2.67. The van der Waals surface area contributed by atoms with E-state index in [1.807, 2.05) is 0 Å². The van der Waals surface area contributed by atoms with Gasteiger partial charge in [0.05, 0.1) is 0 Å². The zero-order chi connectivity index (χ0) is 12.3. The Morgan fingerprint density at radius 2 is 2.00 bits per heavy atom. The van der Waals surface area contributed by atoms with Gasteiger partial charge in [-0.15, -0.1) is 0 Å². The van der Waals surface area contributed by atoms with E-state index in [4.69, 9.17) is 5.73 Å². The van der Waals surface area contributed by atoms with Crippen molar-refractivity contribution in [1.29, 1.82) is 0 Å². The second kappa shape index (κ2) is 5.19. The minimum atomic E-state index is -0.103. The molecule has 0 aliphatic carbocycles. The fourth-order valence-electron chi connectivity index (χ4n) is 1.57. The van der Waals surface area contributed by atoms with Gasteiger partial charge in [0, 0.05) is 29.3 Å². The predicted molar refractivity (Wildman–Crippen MR) is 75.0 cm³/mol. The Morgan fingerprint density at radius 3 is 2.56 bits per heavy atom. The van der Waals surface area contributed by atoms with Crippen LogP contribution in [0.4, 0.5) is 5.69 Å². The van der Waals surface area contributed by atoms with E-state index in [9.17, 15) is 0 Å². The van der Waals surface area contributed by atoms with Crippen molar-refractivity contribution in [3.8, 4) is 0 Å². The molecule has 0 amide bonds. The molecule has 2 N–H and O–H groups in total. The summed E-state index contributed by atoms with van der Waals surface area (Å²) in [6.07, 6.45) is 0.982. The number of benzene rings is 1. The van der Waals surface area contributed by atoms with Crippen molar-refractivity contribution in [3.63, 3.8) is 0 Å². The van der Waals surface area contributed by atoms with Crippen LogP contribution >= 0.6 is 15.9 Å². The summed E-state index contributed by atoms with van der Waals surface area (Å²) in [5, 5.41) is 0. The van der Waals surface area contributed by atoms with Gasteiger partial charge in [0.1, 0.15) is 0 Å². The topological polar surface area (TPSA) is 29.3 Å². The van der Waals surface area contributed by atoms with Crippen LogP contribution in [0.3, 0.4) is 0 Å². The van der Waals surface area contributed by atoms with Gasteiger partial charge in [-0.05, 0) is 44.9 Å². The van der Waals surface area contributed by atoms with Gasteiger partial charge in [0.2, 0.25) is 0 Å². The Labute approximate surface area is 107 Å². The van der Waals surface area contributed by atoms with Gasteiger partial charge in [-0.25, -0.2) is 0 Å². The summed E-state index contributed by atoms with van der Waals surface area (Å²) in [5.74, 6) is 0. The first-order valence-corrected chi connectivity index (χ1v) is 6.35. The number of halogens is 1. The average molecular weight is 285 g/mol. The minimum Gasteiger partial charge on any atom is -0.374 e. The lowest BCUT2D eigenvalue weighted by Crippen LogP contribution is -2.36. The fraction of sp³-hybridized carbons (Fsp3) is 0.538. The first-order valence-electron chi connectivity index (χ1n) is 5.56.